The number of nitrogens with zero attached hydrogens (tertiary/aromatic N) is 3. The molecule has 0 bridgehead atoms. The van der Waals surface area contributed by atoms with Crippen LogP contribution in [0.3, 0.4) is 0 Å². The standard InChI is InChI=1S/C29H33BF3N5/c1-19(16-34-20(2)24-15-23(29(31,32)33)5-6-26(24)30)38-12-9-28(10-13-38)8-11-37(3)18-25(28)21-4-7-27-22(14-21)17-35-36-27/h4-7,14-15,17,25,34H,1-2,8-13,16,18H2,3H3,(H,35,36). The molecule has 2 N–H and O–H groups in total. The molecule has 2 saturated heterocycles. The number of hydrogen-bond acceptors (Lipinski definition) is 4. The quantitative estimate of drug-likeness (QED) is 0.466. The molecular formula is C29H33BF3N5. The first kappa shape index (κ1) is 26.4. The first-order valence-corrected chi connectivity index (χ1v) is 13.0. The van der Waals surface area contributed by atoms with Crippen LogP contribution in [-0.4, -0.2) is 67.6 Å². The van der Waals surface area contributed by atoms with Crippen LogP contribution in [0.25, 0.3) is 16.6 Å². The summed E-state index contributed by atoms with van der Waals surface area (Å²) in [5.41, 5.74) is 3.67. The van der Waals surface area contributed by atoms with Crippen molar-refractivity contribution in [1.29, 1.82) is 0 Å². The van der Waals surface area contributed by atoms with Crippen molar-refractivity contribution < 1.29 is 13.2 Å². The number of aromatic nitrogens is 2. The van der Waals surface area contributed by atoms with Crippen molar-refractivity contribution in [2.24, 2.45) is 5.41 Å². The van der Waals surface area contributed by atoms with Crippen LogP contribution in [0.15, 0.2) is 61.4 Å². The van der Waals surface area contributed by atoms with E-state index in [2.05, 4.69) is 63.7 Å². The molecule has 1 spiro atoms. The predicted octanol–water partition coefficient (Wildman–Crippen LogP) is 4.65. The number of aromatic amines is 1. The van der Waals surface area contributed by atoms with Gasteiger partial charge in [-0.25, -0.2) is 0 Å². The van der Waals surface area contributed by atoms with Crippen LogP contribution < -0.4 is 10.8 Å². The second-order valence-corrected chi connectivity index (χ2v) is 10.8. The molecule has 38 heavy (non-hydrogen) atoms. The van der Waals surface area contributed by atoms with Gasteiger partial charge in [0.1, 0.15) is 7.85 Å². The molecule has 3 aromatic rings. The number of piperidine rings is 2. The SMILES string of the molecule is [B]c1ccc(C(F)(F)F)cc1C(=C)NCC(=C)N1CCC2(CCN(C)CC2c2ccc3[nH]ncc3c2)CC1. The maximum Gasteiger partial charge on any atom is 0.416 e. The van der Waals surface area contributed by atoms with Crippen molar-refractivity contribution >= 4 is 29.9 Å². The number of fused-ring (bicyclic) bond motifs is 1. The average molecular weight is 519 g/mol. The lowest BCUT2D eigenvalue weighted by Gasteiger charge is -2.52. The van der Waals surface area contributed by atoms with Gasteiger partial charge in [-0.2, -0.15) is 18.3 Å². The molecule has 2 fully saturated rings. The van der Waals surface area contributed by atoms with Gasteiger partial charge in [-0.15, -0.1) is 0 Å². The van der Waals surface area contributed by atoms with Crippen LogP contribution in [0, 0.1) is 5.41 Å². The number of likely N-dealkylation sites (N-methyl/N-ethyl adjacent to an activating group) is 1. The Kier molecular flexibility index (Phi) is 7.07. The number of hydrogen-bond donors (Lipinski definition) is 2. The number of benzene rings is 2. The van der Waals surface area contributed by atoms with E-state index in [4.69, 9.17) is 7.85 Å². The number of alkyl halides is 3. The molecule has 2 aliphatic heterocycles. The molecule has 0 saturated carbocycles. The average Bonchev–Trinajstić information content (AvgIpc) is 3.36. The van der Waals surface area contributed by atoms with Crippen molar-refractivity contribution in [3.8, 4) is 0 Å². The fourth-order valence-electron chi connectivity index (χ4n) is 6.10. The zero-order valence-electron chi connectivity index (χ0n) is 21.7. The summed E-state index contributed by atoms with van der Waals surface area (Å²) in [6, 6.07) is 9.95. The Morgan fingerprint density at radius 3 is 2.61 bits per heavy atom. The molecule has 1 atom stereocenters. The highest BCUT2D eigenvalue weighted by Crippen LogP contribution is 2.50. The summed E-state index contributed by atoms with van der Waals surface area (Å²) >= 11 is 0. The summed E-state index contributed by atoms with van der Waals surface area (Å²) in [7, 11) is 8.14. The Hall–Kier alpha value is -3.20. The van der Waals surface area contributed by atoms with Crippen LogP contribution in [0.4, 0.5) is 13.2 Å². The lowest BCUT2D eigenvalue weighted by molar-refractivity contribution is -0.137. The minimum Gasteiger partial charge on any atom is -0.380 e. The summed E-state index contributed by atoms with van der Waals surface area (Å²) < 4.78 is 39.5. The minimum absolute atomic E-state index is 0.226. The highest BCUT2D eigenvalue weighted by Gasteiger charge is 2.45. The van der Waals surface area contributed by atoms with Gasteiger partial charge in [0.2, 0.25) is 0 Å². The largest absolute Gasteiger partial charge is 0.416 e. The first-order valence-electron chi connectivity index (χ1n) is 13.0. The monoisotopic (exact) mass is 519 g/mol. The lowest BCUT2D eigenvalue weighted by Crippen LogP contribution is -2.50. The van der Waals surface area contributed by atoms with Crippen LogP contribution in [0.1, 0.15) is 41.9 Å². The molecule has 0 amide bonds. The molecule has 5 rings (SSSR count). The van der Waals surface area contributed by atoms with Gasteiger partial charge in [0, 0.05) is 42.3 Å². The van der Waals surface area contributed by atoms with Crippen LogP contribution in [0.5, 0.6) is 0 Å². The van der Waals surface area contributed by atoms with Gasteiger partial charge in [-0.1, -0.05) is 36.8 Å². The fraction of sp³-hybridized carbons (Fsp3) is 0.414. The van der Waals surface area contributed by atoms with E-state index >= 15 is 0 Å². The molecule has 5 nitrogen and oxygen atoms in total. The van der Waals surface area contributed by atoms with Crippen LogP contribution >= 0.6 is 0 Å². The van der Waals surface area contributed by atoms with Crippen molar-refractivity contribution in [2.75, 3.05) is 39.8 Å². The maximum absolute atomic E-state index is 13.2. The molecular weight excluding hydrogens is 486 g/mol. The molecule has 2 aliphatic rings. The molecule has 0 aliphatic carbocycles. The van der Waals surface area contributed by atoms with E-state index in [0.717, 1.165) is 74.2 Å². The highest BCUT2D eigenvalue weighted by molar-refractivity contribution is 6.34. The smallest absolute Gasteiger partial charge is 0.380 e. The summed E-state index contributed by atoms with van der Waals surface area (Å²) in [4.78, 5) is 4.71. The third-order valence-electron chi connectivity index (χ3n) is 8.51. The highest BCUT2D eigenvalue weighted by atomic mass is 19.4. The summed E-state index contributed by atoms with van der Waals surface area (Å²) in [5, 5.41) is 11.5. The van der Waals surface area contributed by atoms with E-state index in [-0.39, 0.29) is 16.4 Å². The van der Waals surface area contributed by atoms with Crippen LogP contribution in [0.2, 0.25) is 0 Å². The molecule has 2 radical (unpaired) electrons. The second kappa shape index (κ2) is 10.2. The normalized spacial score (nSPS) is 20.1. The zero-order chi connectivity index (χ0) is 27.1. The van der Waals surface area contributed by atoms with Gasteiger partial charge in [0.25, 0.3) is 0 Å². The molecule has 3 heterocycles. The predicted molar refractivity (Wildman–Crippen MR) is 147 cm³/mol. The number of rotatable bonds is 6. The van der Waals surface area contributed by atoms with E-state index in [1.54, 1.807) is 0 Å². The van der Waals surface area contributed by atoms with Crippen molar-refractivity contribution in [3.05, 3.63) is 78.1 Å². The van der Waals surface area contributed by atoms with Crippen molar-refractivity contribution in [2.45, 2.75) is 31.4 Å². The van der Waals surface area contributed by atoms with Crippen molar-refractivity contribution in [3.63, 3.8) is 0 Å². The van der Waals surface area contributed by atoms with Gasteiger partial charge in [0.15, 0.2) is 0 Å². The second-order valence-electron chi connectivity index (χ2n) is 10.8. The summed E-state index contributed by atoms with van der Waals surface area (Å²) in [5.74, 6) is 0.442. The Morgan fingerprint density at radius 2 is 1.87 bits per heavy atom. The minimum atomic E-state index is -4.44. The van der Waals surface area contributed by atoms with Gasteiger partial charge in [-0.3, -0.25) is 5.10 Å². The third-order valence-corrected chi connectivity index (χ3v) is 8.51. The van der Waals surface area contributed by atoms with E-state index in [9.17, 15) is 13.2 Å². The third kappa shape index (κ3) is 5.21. The lowest BCUT2D eigenvalue weighted by atomic mass is 9.62. The van der Waals surface area contributed by atoms with Gasteiger partial charge >= 0.3 is 6.18 Å². The summed E-state index contributed by atoms with van der Waals surface area (Å²) in [6.45, 7) is 12.5. The Bertz CT molecular complexity index is 1340. The van der Waals surface area contributed by atoms with Gasteiger partial charge in [-0.05, 0) is 67.6 Å². The van der Waals surface area contributed by atoms with E-state index in [1.807, 2.05) is 6.20 Å². The van der Waals surface area contributed by atoms with E-state index in [1.165, 1.54) is 11.6 Å². The van der Waals surface area contributed by atoms with Crippen molar-refractivity contribution in [1.82, 2.24) is 25.3 Å². The van der Waals surface area contributed by atoms with Gasteiger partial charge in [0.05, 0.1) is 23.8 Å². The van der Waals surface area contributed by atoms with E-state index in [0.29, 0.717) is 18.2 Å². The molecule has 1 aromatic heterocycles. The van der Waals surface area contributed by atoms with Gasteiger partial charge < -0.3 is 15.1 Å². The Labute approximate surface area is 223 Å². The molecule has 1 unspecified atom stereocenters. The van der Waals surface area contributed by atoms with E-state index < -0.39 is 11.7 Å². The maximum atomic E-state index is 13.2. The number of likely N-dealkylation sites (tertiary alicyclic amines) is 2. The number of halogens is 3. The molecule has 198 valence electrons. The zero-order valence-corrected chi connectivity index (χ0v) is 21.7. The topological polar surface area (TPSA) is 47.2 Å². The first-order chi connectivity index (χ1) is 18.1. The molecule has 2 aromatic carbocycles. The Morgan fingerprint density at radius 1 is 1.13 bits per heavy atom. The summed E-state index contributed by atoms with van der Waals surface area (Å²) in [6.07, 6.45) is 0.734. The number of nitrogens with one attached hydrogen (secondary N) is 2. The van der Waals surface area contributed by atoms with Crippen LogP contribution in [-0.2, 0) is 6.18 Å². The number of H-pyrrole nitrogens is 1. The Balaban J connectivity index is 1.23. The fourth-order valence-corrected chi connectivity index (χ4v) is 6.10. The molecule has 9 heteroatoms.